The summed E-state index contributed by atoms with van der Waals surface area (Å²) in [6.45, 7) is 10.5. The van der Waals surface area contributed by atoms with Gasteiger partial charge in [-0.1, -0.05) is 44.9 Å². The molecule has 266 valence electrons. The van der Waals surface area contributed by atoms with Crippen LogP contribution in [0.4, 0.5) is 26.3 Å². The van der Waals surface area contributed by atoms with Crippen LogP contribution in [0.5, 0.6) is 0 Å². The highest BCUT2D eigenvalue weighted by molar-refractivity contribution is 5.79. The molecular formula is C38H51F6N3O. The molecule has 48 heavy (non-hydrogen) atoms. The summed E-state index contributed by atoms with van der Waals surface area (Å²) in [6, 6.07) is 8.80. The standard InChI is InChI=1S/C38H51F6N3O/c1-3-29-10-11-31(25-30(29)4-2)36(15-21-45-19-12-34(13-20-45)46-16-7-5-8-17-46)14-6-9-18-47(27-36)35(48)24-28-22-32(37(39,40)41)26-33(23-28)38(42,43)44/h10-11,22-23,25-26,34H,3-9,12-21,24,27H2,1-2H3/t36-/m1/s1. The molecule has 2 aromatic rings. The first-order valence-corrected chi connectivity index (χ1v) is 18.0. The lowest BCUT2D eigenvalue weighted by atomic mass is 9.72. The maximum Gasteiger partial charge on any atom is 0.416 e. The molecule has 0 spiro atoms. The molecular weight excluding hydrogens is 628 g/mol. The molecule has 3 fully saturated rings. The lowest BCUT2D eigenvalue weighted by Crippen LogP contribution is -2.48. The molecule has 3 aliphatic rings. The summed E-state index contributed by atoms with van der Waals surface area (Å²) in [7, 11) is 0. The van der Waals surface area contributed by atoms with E-state index in [-0.39, 0.29) is 17.0 Å². The van der Waals surface area contributed by atoms with Gasteiger partial charge in [0.1, 0.15) is 0 Å². The van der Waals surface area contributed by atoms with Crippen LogP contribution < -0.4 is 0 Å². The number of aryl methyl sites for hydroxylation is 2. The molecule has 0 bridgehead atoms. The molecule has 0 aromatic heterocycles. The van der Waals surface area contributed by atoms with Crippen LogP contribution in [0.1, 0.15) is 105 Å². The van der Waals surface area contributed by atoms with Crippen molar-refractivity contribution in [2.24, 2.45) is 0 Å². The number of likely N-dealkylation sites (tertiary alicyclic amines) is 3. The SMILES string of the molecule is CCc1ccc([C@@]2(CCN3CCC(N4CCCCC4)CC3)CCCCN(C(=O)Cc3cc(C(F)(F)F)cc(C(F)(F)F)c3)C2)cc1CC. The van der Waals surface area contributed by atoms with Gasteiger partial charge in [0, 0.05) is 24.5 Å². The minimum atomic E-state index is -4.96. The van der Waals surface area contributed by atoms with E-state index in [9.17, 15) is 31.1 Å². The smallest absolute Gasteiger partial charge is 0.342 e. The van der Waals surface area contributed by atoms with Gasteiger partial charge >= 0.3 is 12.4 Å². The number of halogens is 6. The number of hydrogen-bond acceptors (Lipinski definition) is 3. The van der Waals surface area contributed by atoms with Gasteiger partial charge in [-0.05, 0) is 131 Å². The van der Waals surface area contributed by atoms with E-state index in [1.54, 1.807) is 4.90 Å². The average molecular weight is 680 g/mol. The van der Waals surface area contributed by atoms with Crippen molar-refractivity contribution in [1.29, 1.82) is 0 Å². The summed E-state index contributed by atoms with van der Waals surface area (Å²) in [5, 5.41) is 0. The van der Waals surface area contributed by atoms with Crippen molar-refractivity contribution in [1.82, 2.24) is 14.7 Å². The third-order valence-electron chi connectivity index (χ3n) is 11.1. The molecule has 0 aliphatic carbocycles. The number of hydrogen-bond donors (Lipinski definition) is 0. The maximum atomic E-state index is 13.8. The Kier molecular flexibility index (Phi) is 11.9. The Morgan fingerprint density at radius 2 is 1.40 bits per heavy atom. The summed E-state index contributed by atoms with van der Waals surface area (Å²) in [6.07, 6.45) is 0.906. The Morgan fingerprint density at radius 3 is 2.00 bits per heavy atom. The largest absolute Gasteiger partial charge is 0.416 e. The van der Waals surface area contributed by atoms with Crippen LogP contribution in [0.25, 0.3) is 0 Å². The minimum Gasteiger partial charge on any atom is -0.342 e. The van der Waals surface area contributed by atoms with Gasteiger partial charge in [0.05, 0.1) is 17.5 Å². The van der Waals surface area contributed by atoms with Crippen LogP contribution in [-0.4, -0.2) is 72.5 Å². The van der Waals surface area contributed by atoms with E-state index in [1.807, 2.05) is 0 Å². The van der Waals surface area contributed by atoms with Crippen molar-refractivity contribution in [2.45, 2.75) is 115 Å². The third-order valence-corrected chi connectivity index (χ3v) is 11.1. The van der Waals surface area contributed by atoms with Gasteiger partial charge in [0.2, 0.25) is 5.91 Å². The molecule has 5 rings (SSSR count). The monoisotopic (exact) mass is 679 g/mol. The number of rotatable bonds is 9. The highest BCUT2D eigenvalue weighted by atomic mass is 19.4. The summed E-state index contributed by atoms with van der Waals surface area (Å²) in [4.78, 5) is 20.7. The zero-order valence-corrected chi connectivity index (χ0v) is 28.5. The van der Waals surface area contributed by atoms with E-state index in [1.165, 1.54) is 49.0 Å². The van der Waals surface area contributed by atoms with Crippen molar-refractivity contribution in [3.8, 4) is 0 Å². The van der Waals surface area contributed by atoms with Crippen LogP contribution in [0, 0.1) is 0 Å². The maximum absolute atomic E-state index is 13.8. The predicted octanol–water partition coefficient (Wildman–Crippen LogP) is 8.68. The highest BCUT2D eigenvalue weighted by Gasteiger charge is 2.40. The summed E-state index contributed by atoms with van der Waals surface area (Å²) in [5.41, 5.74) is 0.337. The topological polar surface area (TPSA) is 26.8 Å². The molecule has 1 amide bonds. The Balaban J connectivity index is 1.38. The van der Waals surface area contributed by atoms with E-state index in [0.717, 1.165) is 71.0 Å². The Morgan fingerprint density at radius 1 is 0.771 bits per heavy atom. The molecule has 0 saturated carbocycles. The van der Waals surface area contributed by atoms with Gasteiger partial charge in [0.25, 0.3) is 0 Å². The molecule has 1 atom stereocenters. The van der Waals surface area contributed by atoms with Crippen LogP contribution >= 0.6 is 0 Å². The number of amides is 1. The van der Waals surface area contributed by atoms with Crippen molar-refractivity contribution in [2.75, 3.05) is 45.8 Å². The lowest BCUT2D eigenvalue weighted by Gasteiger charge is -2.42. The van der Waals surface area contributed by atoms with Crippen molar-refractivity contribution >= 4 is 5.91 Å². The number of benzene rings is 2. The molecule has 0 radical (unpaired) electrons. The Labute approximate surface area is 281 Å². The molecule has 3 aliphatic heterocycles. The fraction of sp³-hybridized carbons (Fsp3) is 0.658. The number of carbonyl (C=O) groups is 1. The zero-order valence-electron chi connectivity index (χ0n) is 28.5. The second-order valence-electron chi connectivity index (χ2n) is 14.3. The number of carbonyl (C=O) groups excluding carboxylic acids is 1. The Bertz CT molecular complexity index is 1350. The predicted molar refractivity (Wildman–Crippen MR) is 177 cm³/mol. The van der Waals surface area contributed by atoms with Crippen molar-refractivity contribution in [3.63, 3.8) is 0 Å². The van der Waals surface area contributed by atoms with Crippen LogP contribution in [0.3, 0.4) is 0 Å². The minimum absolute atomic E-state index is 0.117. The first-order valence-electron chi connectivity index (χ1n) is 18.0. The fourth-order valence-corrected chi connectivity index (χ4v) is 8.29. The number of alkyl halides is 6. The van der Waals surface area contributed by atoms with E-state index in [2.05, 4.69) is 41.8 Å². The van der Waals surface area contributed by atoms with E-state index >= 15 is 0 Å². The molecule has 0 unspecified atom stereocenters. The van der Waals surface area contributed by atoms with Crippen molar-refractivity contribution < 1.29 is 31.1 Å². The zero-order chi connectivity index (χ0) is 34.5. The normalized spacial score (nSPS) is 22.5. The van der Waals surface area contributed by atoms with Crippen LogP contribution in [0.15, 0.2) is 36.4 Å². The second-order valence-corrected chi connectivity index (χ2v) is 14.3. The molecule has 0 N–H and O–H groups in total. The number of nitrogens with zero attached hydrogens (tertiary/aromatic N) is 3. The molecule has 10 heteroatoms. The van der Waals surface area contributed by atoms with E-state index in [0.29, 0.717) is 31.3 Å². The first kappa shape index (κ1) is 36.7. The molecule has 3 saturated heterocycles. The fourth-order valence-electron chi connectivity index (χ4n) is 8.29. The third kappa shape index (κ3) is 8.95. The van der Waals surface area contributed by atoms with Crippen LogP contribution in [-0.2, 0) is 41.8 Å². The van der Waals surface area contributed by atoms with Crippen molar-refractivity contribution in [3.05, 3.63) is 69.8 Å². The van der Waals surface area contributed by atoms with E-state index < -0.39 is 35.8 Å². The second kappa shape index (κ2) is 15.5. The molecule has 3 heterocycles. The van der Waals surface area contributed by atoms with Gasteiger partial charge in [-0.15, -0.1) is 0 Å². The molecule has 2 aromatic carbocycles. The number of piperidine rings is 2. The van der Waals surface area contributed by atoms with Gasteiger partial charge in [0.15, 0.2) is 0 Å². The highest BCUT2D eigenvalue weighted by Crippen LogP contribution is 2.40. The van der Waals surface area contributed by atoms with Gasteiger partial charge in [-0.2, -0.15) is 26.3 Å². The summed E-state index contributed by atoms with van der Waals surface area (Å²) in [5.74, 6) is -0.433. The van der Waals surface area contributed by atoms with Gasteiger partial charge in [-0.3, -0.25) is 4.79 Å². The van der Waals surface area contributed by atoms with Gasteiger partial charge < -0.3 is 14.7 Å². The Hall–Kier alpha value is -2.59. The summed E-state index contributed by atoms with van der Waals surface area (Å²) >= 11 is 0. The quantitative estimate of drug-likeness (QED) is 0.248. The van der Waals surface area contributed by atoms with Gasteiger partial charge in [-0.25, -0.2) is 0 Å². The first-order chi connectivity index (χ1) is 22.8. The molecule has 4 nitrogen and oxygen atoms in total. The van der Waals surface area contributed by atoms with Crippen LogP contribution in [0.2, 0.25) is 0 Å². The summed E-state index contributed by atoms with van der Waals surface area (Å²) < 4.78 is 81.4. The van der Waals surface area contributed by atoms with E-state index in [4.69, 9.17) is 0 Å². The lowest BCUT2D eigenvalue weighted by molar-refractivity contribution is -0.143. The average Bonchev–Trinajstić information content (AvgIpc) is 3.30.